The smallest absolute Gasteiger partial charge is 0.345 e. The van der Waals surface area contributed by atoms with E-state index in [1.807, 2.05) is 24.3 Å². The molecule has 0 radical (unpaired) electrons. The molecule has 1 heterocycles. The lowest BCUT2D eigenvalue weighted by atomic mass is 10.3. The third-order valence-corrected chi connectivity index (χ3v) is 2.62. The Morgan fingerprint density at radius 2 is 2.20 bits per heavy atom. The van der Waals surface area contributed by atoms with Gasteiger partial charge in [-0.2, -0.15) is 5.10 Å². The quantitative estimate of drug-likeness (QED) is 0.759. The molecule has 0 aliphatic carbocycles. The summed E-state index contributed by atoms with van der Waals surface area (Å²) in [5, 5.41) is 22.6. The maximum Gasteiger partial charge on any atom is 0.345 e. The van der Waals surface area contributed by atoms with Crippen LogP contribution in [-0.2, 0) is 4.79 Å². The van der Waals surface area contributed by atoms with Crippen molar-refractivity contribution in [2.45, 2.75) is 5.44 Å². The summed E-state index contributed by atoms with van der Waals surface area (Å²) in [6, 6.07) is 7.40. The SMILES string of the molecule is O=C(O)C(O)Sn1cc2ccccc2n1. The lowest BCUT2D eigenvalue weighted by Gasteiger charge is -2.02. The van der Waals surface area contributed by atoms with E-state index in [1.165, 1.54) is 4.09 Å². The van der Waals surface area contributed by atoms with Crippen LogP contribution in [0.3, 0.4) is 0 Å². The molecule has 1 atom stereocenters. The monoisotopic (exact) mass is 224 g/mol. The summed E-state index contributed by atoms with van der Waals surface area (Å²) in [4.78, 5) is 10.4. The van der Waals surface area contributed by atoms with Gasteiger partial charge in [-0.1, -0.05) is 18.2 Å². The molecule has 1 aromatic carbocycles. The van der Waals surface area contributed by atoms with Crippen molar-refractivity contribution in [3.05, 3.63) is 30.5 Å². The van der Waals surface area contributed by atoms with Gasteiger partial charge in [-0.25, -0.2) is 8.88 Å². The highest BCUT2D eigenvalue weighted by molar-refractivity contribution is 7.98. The van der Waals surface area contributed by atoms with Gasteiger partial charge < -0.3 is 10.2 Å². The highest BCUT2D eigenvalue weighted by atomic mass is 32.2. The van der Waals surface area contributed by atoms with Gasteiger partial charge >= 0.3 is 5.97 Å². The van der Waals surface area contributed by atoms with Gasteiger partial charge in [0.15, 0.2) is 0 Å². The largest absolute Gasteiger partial charge is 0.479 e. The van der Waals surface area contributed by atoms with E-state index in [2.05, 4.69) is 5.10 Å². The molecule has 0 saturated carbocycles. The summed E-state index contributed by atoms with van der Waals surface area (Å²) in [5.41, 5.74) is -0.734. The normalized spacial score (nSPS) is 12.9. The predicted molar refractivity (Wildman–Crippen MR) is 56.4 cm³/mol. The highest BCUT2D eigenvalue weighted by Crippen LogP contribution is 2.17. The van der Waals surface area contributed by atoms with E-state index in [0.717, 1.165) is 22.9 Å². The zero-order valence-corrected chi connectivity index (χ0v) is 8.39. The van der Waals surface area contributed by atoms with Crippen molar-refractivity contribution in [1.29, 1.82) is 0 Å². The van der Waals surface area contributed by atoms with Crippen LogP contribution in [0.25, 0.3) is 10.9 Å². The number of aromatic nitrogens is 2. The highest BCUT2D eigenvalue weighted by Gasteiger charge is 2.15. The van der Waals surface area contributed by atoms with E-state index in [0.29, 0.717) is 0 Å². The molecule has 0 fully saturated rings. The molecule has 0 bridgehead atoms. The second-order valence-corrected chi connectivity index (χ2v) is 3.92. The van der Waals surface area contributed by atoms with Crippen LogP contribution in [0, 0.1) is 0 Å². The first kappa shape index (κ1) is 10.0. The molecule has 1 unspecified atom stereocenters. The first-order valence-electron chi connectivity index (χ1n) is 4.19. The van der Waals surface area contributed by atoms with Gasteiger partial charge in [0.25, 0.3) is 0 Å². The summed E-state index contributed by atoms with van der Waals surface area (Å²) in [7, 11) is 0. The van der Waals surface area contributed by atoms with Crippen LogP contribution in [0.4, 0.5) is 0 Å². The third kappa shape index (κ3) is 2.11. The molecule has 0 aliphatic rings. The zero-order valence-electron chi connectivity index (χ0n) is 7.57. The van der Waals surface area contributed by atoms with E-state index in [-0.39, 0.29) is 0 Å². The van der Waals surface area contributed by atoms with Gasteiger partial charge in [0, 0.05) is 23.5 Å². The summed E-state index contributed by atoms with van der Waals surface area (Å²) in [5.74, 6) is -1.28. The summed E-state index contributed by atoms with van der Waals surface area (Å²) in [6.07, 6.45) is 1.67. The number of carboxylic acids is 1. The van der Waals surface area contributed by atoms with Crippen molar-refractivity contribution in [2.75, 3.05) is 0 Å². The molecule has 2 N–H and O–H groups in total. The Bertz CT molecular complexity index is 464. The van der Waals surface area contributed by atoms with Gasteiger partial charge in [-0.15, -0.1) is 0 Å². The van der Waals surface area contributed by atoms with Crippen molar-refractivity contribution < 1.29 is 15.0 Å². The fourth-order valence-electron chi connectivity index (χ4n) is 1.14. The third-order valence-electron chi connectivity index (χ3n) is 1.81. The molecule has 2 aromatic rings. The van der Waals surface area contributed by atoms with Crippen LogP contribution >= 0.6 is 11.9 Å². The number of aliphatic carboxylic acids is 1. The second-order valence-electron chi connectivity index (χ2n) is 2.89. The fraction of sp³-hybridized carbons (Fsp3) is 0.111. The van der Waals surface area contributed by atoms with E-state index in [9.17, 15) is 4.79 Å². The molecule has 78 valence electrons. The molecule has 0 saturated heterocycles. The maximum absolute atomic E-state index is 10.4. The lowest BCUT2D eigenvalue weighted by Crippen LogP contribution is -2.16. The minimum Gasteiger partial charge on any atom is -0.479 e. The molecule has 0 spiro atoms. The number of carboxylic acid groups (broad SMARTS) is 1. The minimum atomic E-state index is -1.50. The van der Waals surface area contributed by atoms with Crippen LogP contribution < -0.4 is 0 Å². The fourth-order valence-corrected chi connectivity index (χ4v) is 1.75. The molecule has 5 nitrogen and oxygen atoms in total. The molecule has 0 aliphatic heterocycles. The van der Waals surface area contributed by atoms with Gasteiger partial charge in [-0.3, -0.25) is 0 Å². The number of carbonyl (C=O) groups is 1. The number of nitrogens with zero attached hydrogens (tertiary/aromatic N) is 2. The Balaban J connectivity index is 2.26. The van der Waals surface area contributed by atoms with Crippen LogP contribution in [0.2, 0.25) is 0 Å². The Kier molecular flexibility index (Phi) is 2.61. The first-order valence-corrected chi connectivity index (χ1v) is 5.03. The minimum absolute atomic E-state index is 0.739. The van der Waals surface area contributed by atoms with Crippen molar-refractivity contribution in [2.24, 2.45) is 0 Å². The zero-order chi connectivity index (χ0) is 10.8. The van der Waals surface area contributed by atoms with E-state index in [1.54, 1.807) is 6.20 Å². The van der Waals surface area contributed by atoms with E-state index < -0.39 is 11.4 Å². The Labute approximate surface area is 89.5 Å². The van der Waals surface area contributed by atoms with Crippen molar-refractivity contribution in [1.82, 2.24) is 9.19 Å². The average Bonchev–Trinajstić information content (AvgIpc) is 2.59. The number of hydrogen-bond donors (Lipinski definition) is 2. The molecular formula is C9H8N2O3S. The molecule has 15 heavy (non-hydrogen) atoms. The standard InChI is InChI=1S/C9H8N2O3S/c12-8(13)9(14)15-11-5-6-3-1-2-4-7(6)10-11/h1-5,9,14H,(H,12,13). The number of benzene rings is 1. The molecule has 0 amide bonds. The number of hydrogen-bond acceptors (Lipinski definition) is 4. The average molecular weight is 224 g/mol. The second kappa shape index (κ2) is 3.92. The van der Waals surface area contributed by atoms with Crippen LogP contribution in [0.1, 0.15) is 0 Å². The van der Waals surface area contributed by atoms with Crippen LogP contribution in [0.15, 0.2) is 30.5 Å². The molecule has 2 rings (SSSR count). The summed E-state index contributed by atoms with van der Waals surface area (Å²) in [6.45, 7) is 0. The Morgan fingerprint density at radius 1 is 1.47 bits per heavy atom. The van der Waals surface area contributed by atoms with Gasteiger partial charge in [0.1, 0.15) is 0 Å². The maximum atomic E-state index is 10.4. The van der Waals surface area contributed by atoms with Crippen molar-refractivity contribution in [3.8, 4) is 0 Å². The van der Waals surface area contributed by atoms with Gasteiger partial charge in [-0.05, 0) is 6.07 Å². The van der Waals surface area contributed by atoms with Crippen LogP contribution in [-0.4, -0.2) is 30.8 Å². The lowest BCUT2D eigenvalue weighted by molar-refractivity contribution is -0.141. The number of aliphatic hydroxyl groups is 1. The van der Waals surface area contributed by atoms with E-state index in [4.69, 9.17) is 10.2 Å². The topological polar surface area (TPSA) is 75.3 Å². The number of rotatable bonds is 3. The molecular weight excluding hydrogens is 216 g/mol. The van der Waals surface area contributed by atoms with Crippen LogP contribution in [0.5, 0.6) is 0 Å². The molecule has 6 heteroatoms. The molecule has 1 aromatic heterocycles. The van der Waals surface area contributed by atoms with Crippen molar-refractivity contribution >= 4 is 28.8 Å². The van der Waals surface area contributed by atoms with E-state index >= 15 is 0 Å². The summed E-state index contributed by atoms with van der Waals surface area (Å²) >= 11 is 0.739. The predicted octanol–water partition coefficient (Wildman–Crippen LogP) is 0.936. The number of aliphatic hydroxyl groups excluding tert-OH is 1. The first-order chi connectivity index (χ1) is 7.16. The van der Waals surface area contributed by atoms with Gasteiger partial charge in [0.05, 0.1) is 5.52 Å². The Morgan fingerprint density at radius 3 is 2.87 bits per heavy atom. The summed E-state index contributed by atoms with van der Waals surface area (Å²) < 4.78 is 1.35. The van der Waals surface area contributed by atoms with Gasteiger partial charge in [0.2, 0.25) is 5.44 Å². The van der Waals surface area contributed by atoms with Crippen molar-refractivity contribution in [3.63, 3.8) is 0 Å². The number of fused-ring (bicyclic) bond motifs is 1. The Hall–Kier alpha value is -1.53.